The first kappa shape index (κ1) is 15.4. The molecule has 1 atom stereocenters. The number of benzene rings is 1. The molecule has 20 heavy (non-hydrogen) atoms. The van der Waals surface area contributed by atoms with E-state index in [1.165, 1.54) is 37.7 Å². The van der Waals surface area contributed by atoms with Gasteiger partial charge in [0.2, 0.25) is 0 Å². The maximum absolute atomic E-state index is 5.90. The van der Waals surface area contributed by atoms with E-state index in [1.54, 1.807) is 0 Å². The normalized spacial score (nSPS) is 17.6. The number of hydrogen-bond donors (Lipinski definition) is 0. The van der Waals surface area contributed by atoms with Crippen LogP contribution < -0.4 is 4.74 Å². The Morgan fingerprint density at radius 2 is 1.80 bits per heavy atom. The highest BCUT2D eigenvalue weighted by atomic mass is 16.5. The van der Waals surface area contributed by atoms with Crippen LogP contribution in [0.4, 0.5) is 0 Å². The third-order valence-corrected chi connectivity index (χ3v) is 4.62. The first-order valence-corrected chi connectivity index (χ1v) is 8.03. The molecule has 2 heteroatoms. The molecule has 0 aliphatic heterocycles. The van der Waals surface area contributed by atoms with Gasteiger partial charge in [0, 0.05) is 6.04 Å². The van der Waals surface area contributed by atoms with Crippen LogP contribution in [0, 0.1) is 5.92 Å². The number of rotatable bonds is 7. The predicted molar refractivity (Wildman–Crippen MR) is 85.4 cm³/mol. The summed E-state index contributed by atoms with van der Waals surface area (Å²) in [5.41, 5.74) is 1.41. The molecule has 2 rings (SSSR count). The Balaban J connectivity index is 1.74. The molecule has 0 saturated heterocycles. The minimum absolute atomic E-state index is 0.633. The Kier molecular flexibility index (Phi) is 5.90. The molecular formula is C18H29NO. The monoisotopic (exact) mass is 275 g/mol. The van der Waals surface area contributed by atoms with Gasteiger partial charge in [-0.15, -0.1) is 0 Å². The minimum atomic E-state index is 0.633. The van der Waals surface area contributed by atoms with Gasteiger partial charge in [-0.05, 0) is 70.3 Å². The summed E-state index contributed by atoms with van der Waals surface area (Å²) in [5, 5.41) is 0. The van der Waals surface area contributed by atoms with E-state index in [-0.39, 0.29) is 0 Å². The predicted octanol–water partition coefficient (Wildman–Crippen LogP) is 4.14. The van der Waals surface area contributed by atoms with Crippen LogP contribution >= 0.6 is 0 Å². The Morgan fingerprint density at radius 1 is 1.15 bits per heavy atom. The number of nitrogens with zero attached hydrogens (tertiary/aromatic N) is 1. The fraction of sp³-hybridized carbons (Fsp3) is 0.667. The van der Waals surface area contributed by atoms with Crippen molar-refractivity contribution in [2.75, 3.05) is 20.7 Å². The molecule has 0 radical (unpaired) electrons. The molecule has 1 aromatic rings. The third-order valence-electron chi connectivity index (χ3n) is 4.62. The van der Waals surface area contributed by atoms with Crippen LogP contribution in [0.15, 0.2) is 24.3 Å². The van der Waals surface area contributed by atoms with E-state index in [4.69, 9.17) is 4.74 Å². The van der Waals surface area contributed by atoms with Gasteiger partial charge in [-0.1, -0.05) is 25.0 Å². The molecule has 1 unspecified atom stereocenters. The summed E-state index contributed by atoms with van der Waals surface area (Å²) in [6.07, 6.45) is 7.81. The zero-order valence-electron chi connectivity index (χ0n) is 13.3. The molecule has 0 amide bonds. The fourth-order valence-corrected chi connectivity index (χ4v) is 2.78. The maximum atomic E-state index is 5.90. The zero-order valence-corrected chi connectivity index (χ0v) is 13.3. The van der Waals surface area contributed by atoms with Crippen LogP contribution in [-0.2, 0) is 6.42 Å². The van der Waals surface area contributed by atoms with Crippen LogP contribution in [0.2, 0.25) is 0 Å². The number of aryl methyl sites for hydroxylation is 1. The highest BCUT2D eigenvalue weighted by Crippen LogP contribution is 2.25. The highest BCUT2D eigenvalue weighted by Gasteiger charge is 2.15. The number of ether oxygens (including phenoxy) is 1. The first-order valence-electron chi connectivity index (χ1n) is 8.03. The summed E-state index contributed by atoms with van der Waals surface area (Å²) in [7, 11) is 4.29. The van der Waals surface area contributed by atoms with Gasteiger partial charge in [-0.2, -0.15) is 0 Å². The molecule has 1 aliphatic rings. The van der Waals surface area contributed by atoms with Crippen molar-refractivity contribution >= 4 is 0 Å². The van der Waals surface area contributed by atoms with E-state index in [0.717, 1.165) is 24.7 Å². The lowest BCUT2D eigenvalue weighted by Crippen LogP contribution is -2.24. The van der Waals surface area contributed by atoms with Gasteiger partial charge < -0.3 is 9.64 Å². The fourth-order valence-electron chi connectivity index (χ4n) is 2.78. The molecule has 1 aromatic carbocycles. The Morgan fingerprint density at radius 3 is 2.40 bits per heavy atom. The summed E-state index contributed by atoms with van der Waals surface area (Å²) >= 11 is 0. The molecule has 1 saturated carbocycles. The second kappa shape index (κ2) is 7.68. The van der Waals surface area contributed by atoms with Gasteiger partial charge in [0.1, 0.15) is 5.75 Å². The second-order valence-corrected chi connectivity index (χ2v) is 6.46. The van der Waals surface area contributed by atoms with Gasteiger partial charge in [-0.25, -0.2) is 0 Å². The lowest BCUT2D eigenvalue weighted by Gasteiger charge is -2.19. The van der Waals surface area contributed by atoms with Crippen molar-refractivity contribution in [3.8, 4) is 5.75 Å². The molecule has 0 spiro atoms. The van der Waals surface area contributed by atoms with Crippen molar-refractivity contribution in [2.24, 2.45) is 5.92 Å². The van der Waals surface area contributed by atoms with Crippen LogP contribution in [0.5, 0.6) is 5.75 Å². The van der Waals surface area contributed by atoms with Gasteiger partial charge in [0.15, 0.2) is 0 Å². The second-order valence-electron chi connectivity index (χ2n) is 6.46. The molecule has 1 aliphatic carbocycles. The maximum Gasteiger partial charge on any atom is 0.119 e. The van der Waals surface area contributed by atoms with Gasteiger partial charge >= 0.3 is 0 Å². The quantitative estimate of drug-likeness (QED) is 0.741. The van der Waals surface area contributed by atoms with Gasteiger partial charge in [0.05, 0.1) is 6.61 Å². The lowest BCUT2D eigenvalue weighted by atomic mass is 10.1. The molecule has 0 bridgehead atoms. The molecule has 0 aromatic heterocycles. The summed E-state index contributed by atoms with van der Waals surface area (Å²) < 4.78 is 5.90. The van der Waals surface area contributed by atoms with Crippen molar-refractivity contribution < 1.29 is 4.74 Å². The van der Waals surface area contributed by atoms with E-state index >= 15 is 0 Å². The van der Waals surface area contributed by atoms with E-state index < -0.39 is 0 Å². The van der Waals surface area contributed by atoms with Crippen LogP contribution in [0.3, 0.4) is 0 Å². The first-order chi connectivity index (χ1) is 9.65. The highest BCUT2D eigenvalue weighted by molar-refractivity contribution is 5.27. The van der Waals surface area contributed by atoms with Crippen molar-refractivity contribution in [1.29, 1.82) is 0 Å². The third kappa shape index (κ3) is 4.82. The van der Waals surface area contributed by atoms with Crippen molar-refractivity contribution in [1.82, 2.24) is 4.90 Å². The van der Waals surface area contributed by atoms with Crippen molar-refractivity contribution in [3.05, 3.63) is 29.8 Å². The van der Waals surface area contributed by atoms with Gasteiger partial charge in [0.25, 0.3) is 0 Å². The van der Waals surface area contributed by atoms with E-state index in [9.17, 15) is 0 Å². The smallest absolute Gasteiger partial charge is 0.119 e. The topological polar surface area (TPSA) is 12.5 Å². The Labute approximate surface area is 124 Å². The zero-order chi connectivity index (χ0) is 14.4. The molecule has 0 N–H and O–H groups in total. The summed E-state index contributed by atoms with van der Waals surface area (Å²) in [6, 6.07) is 9.32. The minimum Gasteiger partial charge on any atom is -0.493 e. The van der Waals surface area contributed by atoms with Gasteiger partial charge in [-0.3, -0.25) is 0 Å². The Hall–Kier alpha value is -1.02. The molecule has 112 valence electrons. The van der Waals surface area contributed by atoms with E-state index in [1.807, 2.05) is 0 Å². The number of hydrogen-bond acceptors (Lipinski definition) is 2. The lowest BCUT2D eigenvalue weighted by molar-refractivity contribution is 0.252. The molecule has 2 nitrogen and oxygen atoms in total. The molecule has 1 fully saturated rings. The largest absolute Gasteiger partial charge is 0.493 e. The van der Waals surface area contributed by atoms with Crippen LogP contribution in [0.25, 0.3) is 0 Å². The van der Waals surface area contributed by atoms with E-state index in [2.05, 4.69) is 50.2 Å². The standard InChI is InChI=1S/C18H29NO/c1-15(19(2)3)8-9-16-10-12-18(13-11-16)20-14-17-6-4-5-7-17/h10-13,15,17H,4-9,14H2,1-3H3. The van der Waals surface area contributed by atoms with Crippen molar-refractivity contribution in [2.45, 2.75) is 51.5 Å². The van der Waals surface area contributed by atoms with Crippen molar-refractivity contribution in [3.63, 3.8) is 0 Å². The summed E-state index contributed by atoms with van der Waals surface area (Å²) in [4.78, 5) is 2.28. The Bertz CT molecular complexity index is 354. The molecule has 0 heterocycles. The summed E-state index contributed by atoms with van der Waals surface area (Å²) in [6.45, 7) is 3.18. The van der Waals surface area contributed by atoms with Crippen LogP contribution in [0.1, 0.15) is 44.6 Å². The SMILES string of the molecule is CC(CCc1ccc(OCC2CCCC2)cc1)N(C)C. The summed E-state index contributed by atoms with van der Waals surface area (Å²) in [5.74, 6) is 1.82. The van der Waals surface area contributed by atoms with E-state index in [0.29, 0.717) is 6.04 Å². The average molecular weight is 275 g/mol. The average Bonchev–Trinajstić information content (AvgIpc) is 2.96. The van der Waals surface area contributed by atoms with Crippen LogP contribution in [-0.4, -0.2) is 31.6 Å². The molecular weight excluding hydrogens is 246 g/mol.